The highest BCUT2D eigenvalue weighted by Crippen LogP contribution is 2.36. The Balaban J connectivity index is 1.52. The van der Waals surface area contributed by atoms with Crippen LogP contribution in [0, 0.1) is 0 Å². The molecule has 0 unspecified atom stereocenters. The molecular formula is C26H23ClFN3O3. The van der Waals surface area contributed by atoms with E-state index in [1.807, 2.05) is 24.3 Å². The largest absolute Gasteiger partial charge is 0.480 e. The van der Waals surface area contributed by atoms with E-state index in [0.717, 1.165) is 24.0 Å². The fourth-order valence-electron chi connectivity index (χ4n) is 3.92. The van der Waals surface area contributed by atoms with Crippen molar-refractivity contribution in [2.45, 2.75) is 12.8 Å². The van der Waals surface area contributed by atoms with Crippen LogP contribution in [0.3, 0.4) is 0 Å². The number of allylic oxidation sites excluding steroid dienone is 3. The van der Waals surface area contributed by atoms with E-state index in [4.69, 9.17) is 21.2 Å². The van der Waals surface area contributed by atoms with Gasteiger partial charge >= 0.3 is 5.97 Å². The minimum atomic E-state index is -0.848. The number of hydrogen-bond acceptors (Lipinski definition) is 5. The lowest BCUT2D eigenvalue weighted by Crippen LogP contribution is -2.27. The van der Waals surface area contributed by atoms with E-state index in [9.17, 15) is 9.18 Å². The zero-order valence-electron chi connectivity index (χ0n) is 18.6. The van der Waals surface area contributed by atoms with E-state index in [0.29, 0.717) is 45.5 Å². The van der Waals surface area contributed by atoms with Crippen molar-refractivity contribution in [2.75, 3.05) is 20.1 Å². The Kier molecular flexibility index (Phi) is 7.05. The maximum absolute atomic E-state index is 13.9. The van der Waals surface area contributed by atoms with Crippen molar-refractivity contribution in [3.63, 3.8) is 0 Å². The number of carboxylic acids is 1. The molecule has 1 heterocycles. The van der Waals surface area contributed by atoms with Gasteiger partial charge in [0.05, 0.1) is 6.54 Å². The molecule has 0 fully saturated rings. The molecule has 0 radical (unpaired) electrons. The molecule has 174 valence electrons. The van der Waals surface area contributed by atoms with Gasteiger partial charge < -0.3 is 9.63 Å². The van der Waals surface area contributed by atoms with Crippen LogP contribution in [-0.4, -0.2) is 46.3 Å². The monoisotopic (exact) mass is 479 g/mol. The molecule has 2 aromatic carbocycles. The van der Waals surface area contributed by atoms with Gasteiger partial charge in [0.15, 0.2) is 5.82 Å². The highest BCUT2D eigenvalue weighted by molar-refractivity contribution is 6.33. The molecule has 1 N–H and O–H groups in total. The predicted molar refractivity (Wildman–Crippen MR) is 131 cm³/mol. The molecule has 6 nitrogen and oxygen atoms in total. The van der Waals surface area contributed by atoms with Gasteiger partial charge in [-0.15, -0.1) is 0 Å². The first-order valence-corrected chi connectivity index (χ1v) is 11.1. The molecule has 0 spiro atoms. The summed E-state index contributed by atoms with van der Waals surface area (Å²) < 4.78 is 19.3. The summed E-state index contributed by atoms with van der Waals surface area (Å²) in [6, 6.07) is 12.3. The van der Waals surface area contributed by atoms with Gasteiger partial charge in [-0.05, 0) is 37.6 Å². The molecule has 0 amide bonds. The number of aromatic nitrogens is 2. The zero-order chi connectivity index (χ0) is 24.2. The Morgan fingerprint density at radius 3 is 2.68 bits per heavy atom. The minimum absolute atomic E-state index is 0.00240. The Morgan fingerprint density at radius 1 is 1.21 bits per heavy atom. The van der Waals surface area contributed by atoms with Crippen LogP contribution in [0.2, 0.25) is 5.02 Å². The van der Waals surface area contributed by atoms with Crippen LogP contribution in [-0.2, 0) is 4.79 Å². The van der Waals surface area contributed by atoms with Gasteiger partial charge in [-0.2, -0.15) is 4.98 Å². The third-order valence-corrected chi connectivity index (χ3v) is 5.87. The first kappa shape index (κ1) is 23.6. The highest BCUT2D eigenvalue weighted by atomic mass is 35.5. The average molecular weight is 480 g/mol. The molecule has 1 aliphatic rings. The third-order valence-electron chi connectivity index (χ3n) is 5.55. The summed E-state index contributed by atoms with van der Waals surface area (Å²) in [5.41, 5.74) is 4.48. The highest BCUT2D eigenvalue weighted by Gasteiger charge is 2.18. The van der Waals surface area contributed by atoms with E-state index in [1.165, 1.54) is 0 Å². The van der Waals surface area contributed by atoms with Crippen molar-refractivity contribution in [1.29, 1.82) is 0 Å². The first-order chi connectivity index (χ1) is 16.3. The summed E-state index contributed by atoms with van der Waals surface area (Å²) in [4.78, 5) is 17.1. The zero-order valence-corrected chi connectivity index (χ0v) is 19.3. The SMILES string of the molecule is C=C(F)c1ccccc1-c1ccc(-c2nc(C3=CC=C(CN(C)CC(=O)O)CC3)no2)cc1Cl. The normalized spacial score (nSPS) is 13.5. The summed E-state index contributed by atoms with van der Waals surface area (Å²) in [5.74, 6) is -0.532. The summed E-state index contributed by atoms with van der Waals surface area (Å²) in [5, 5.41) is 13.4. The maximum atomic E-state index is 13.9. The van der Waals surface area contributed by atoms with Gasteiger partial charge in [0.2, 0.25) is 0 Å². The number of likely N-dealkylation sites (N-methyl/N-ethyl adjacent to an activating group) is 1. The van der Waals surface area contributed by atoms with Gasteiger partial charge in [0.25, 0.3) is 5.89 Å². The summed E-state index contributed by atoms with van der Waals surface area (Å²) >= 11 is 6.53. The topological polar surface area (TPSA) is 79.5 Å². The number of aliphatic carboxylic acids is 1. The van der Waals surface area contributed by atoms with Gasteiger partial charge in [0.1, 0.15) is 5.83 Å². The second-order valence-electron chi connectivity index (χ2n) is 8.15. The molecule has 4 rings (SSSR count). The van der Waals surface area contributed by atoms with E-state index in [-0.39, 0.29) is 6.54 Å². The van der Waals surface area contributed by atoms with Crippen molar-refractivity contribution in [1.82, 2.24) is 15.0 Å². The molecule has 3 aromatic rings. The molecule has 0 atom stereocenters. The predicted octanol–water partition coefficient (Wildman–Crippen LogP) is 6.12. The van der Waals surface area contributed by atoms with Crippen LogP contribution in [0.4, 0.5) is 4.39 Å². The second kappa shape index (κ2) is 10.2. The molecule has 0 aliphatic heterocycles. The maximum Gasteiger partial charge on any atom is 0.317 e. The van der Waals surface area contributed by atoms with Gasteiger partial charge in [-0.25, -0.2) is 4.39 Å². The Labute approximate surface area is 201 Å². The lowest BCUT2D eigenvalue weighted by molar-refractivity contribution is -0.137. The van der Waals surface area contributed by atoms with Crippen molar-refractivity contribution in [3.8, 4) is 22.6 Å². The Bertz CT molecular complexity index is 1310. The van der Waals surface area contributed by atoms with Gasteiger partial charge in [-0.1, -0.05) is 71.4 Å². The van der Waals surface area contributed by atoms with E-state index >= 15 is 0 Å². The summed E-state index contributed by atoms with van der Waals surface area (Å²) in [6.07, 6.45) is 5.45. The quantitative estimate of drug-likeness (QED) is 0.419. The summed E-state index contributed by atoms with van der Waals surface area (Å²) in [7, 11) is 1.78. The van der Waals surface area contributed by atoms with Gasteiger partial charge in [-0.3, -0.25) is 9.69 Å². The van der Waals surface area contributed by atoms with Crippen LogP contribution in [0.1, 0.15) is 24.2 Å². The molecule has 0 saturated heterocycles. The van der Waals surface area contributed by atoms with Crippen molar-refractivity contribution in [2.24, 2.45) is 0 Å². The second-order valence-corrected chi connectivity index (χ2v) is 8.56. The molecule has 1 aromatic heterocycles. The van der Waals surface area contributed by atoms with Crippen LogP contribution in [0.5, 0.6) is 0 Å². The molecule has 8 heteroatoms. The number of nitrogens with zero attached hydrogens (tertiary/aromatic N) is 3. The standard InChI is InChI=1S/C26H23ClFN3O3/c1-16(28)20-5-3-4-6-21(20)22-12-11-19(13-23(22)27)26-29-25(30-34-26)18-9-7-17(8-10-18)14-31(2)15-24(32)33/h3-7,9,11-13H,1,8,10,14-15H2,2H3,(H,32,33). The van der Waals surface area contributed by atoms with Gasteiger partial charge in [0, 0.05) is 33.8 Å². The number of halogens is 2. The Hall–Kier alpha value is -3.55. The molecule has 34 heavy (non-hydrogen) atoms. The fraction of sp³-hybridized carbons (Fsp3) is 0.192. The van der Waals surface area contributed by atoms with E-state index in [1.54, 1.807) is 42.3 Å². The van der Waals surface area contributed by atoms with E-state index in [2.05, 4.69) is 16.7 Å². The van der Waals surface area contributed by atoms with Crippen molar-refractivity contribution < 1.29 is 18.8 Å². The van der Waals surface area contributed by atoms with Crippen molar-refractivity contribution in [3.05, 3.63) is 83.2 Å². The van der Waals surface area contributed by atoms with Crippen LogP contribution in [0.15, 0.2) is 71.3 Å². The Morgan fingerprint density at radius 2 is 2.00 bits per heavy atom. The summed E-state index contributed by atoms with van der Waals surface area (Å²) in [6.45, 7) is 4.00. The fourth-order valence-corrected chi connectivity index (χ4v) is 4.21. The number of hydrogen-bond donors (Lipinski definition) is 1. The average Bonchev–Trinajstić information content (AvgIpc) is 3.29. The number of carboxylic acid groups (broad SMARTS) is 1. The van der Waals surface area contributed by atoms with E-state index < -0.39 is 11.8 Å². The third kappa shape index (κ3) is 5.32. The lowest BCUT2D eigenvalue weighted by Gasteiger charge is -2.18. The minimum Gasteiger partial charge on any atom is -0.480 e. The number of rotatable bonds is 8. The molecule has 1 aliphatic carbocycles. The molecule has 0 saturated carbocycles. The molecular weight excluding hydrogens is 457 g/mol. The van der Waals surface area contributed by atoms with Crippen molar-refractivity contribution >= 4 is 29.0 Å². The van der Waals surface area contributed by atoms with Crippen LogP contribution in [0.25, 0.3) is 34.0 Å². The van der Waals surface area contributed by atoms with Crippen LogP contribution >= 0.6 is 11.6 Å². The number of carbonyl (C=O) groups is 1. The molecule has 0 bridgehead atoms. The number of benzene rings is 2. The smallest absolute Gasteiger partial charge is 0.317 e. The lowest BCUT2D eigenvalue weighted by atomic mass is 9.97. The van der Waals surface area contributed by atoms with Crippen LogP contribution < -0.4 is 0 Å². The first-order valence-electron chi connectivity index (χ1n) is 10.7.